The zero-order valence-corrected chi connectivity index (χ0v) is 8.40. The fraction of sp³-hybridized carbons (Fsp3) is 0.500. The van der Waals surface area contributed by atoms with Crippen LogP contribution in [0.5, 0.6) is 0 Å². The van der Waals surface area contributed by atoms with Gasteiger partial charge in [-0.05, 0) is 12.0 Å². The smallest absolute Gasteiger partial charge is 0.0606 e. The molecule has 0 saturated carbocycles. The molecule has 1 N–H and O–H groups in total. The van der Waals surface area contributed by atoms with Gasteiger partial charge in [0.2, 0.25) is 0 Å². The number of aliphatic hydroxyl groups excluding tert-OH is 1. The Morgan fingerprint density at radius 2 is 1.85 bits per heavy atom. The molecule has 1 aromatic rings. The van der Waals surface area contributed by atoms with E-state index in [0.717, 1.165) is 12.8 Å². The molecule has 0 fully saturated rings. The summed E-state index contributed by atoms with van der Waals surface area (Å²) in [5, 5.41) is 9.77. The standard InChI is InChI=1S/C12H18O/c1-3-7-12(13)10(2)11-8-5-4-6-9-11/h4-6,8-10,12-13H,3,7H2,1-2H3. The monoisotopic (exact) mass is 178 g/mol. The molecule has 0 saturated heterocycles. The summed E-state index contributed by atoms with van der Waals surface area (Å²) < 4.78 is 0. The Balaban J connectivity index is 2.62. The minimum atomic E-state index is -0.201. The number of rotatable bonds is 4. The Labute approximate surface area is 80.4 Å². The van der Waals surface area contributed by atoms with Crippen molar-refractivity contribution >= 4 is 0 Å². The lowest BCUT2D eigenvalue weighted by molar-refractivity contribution is 0.139. The van der Waals surface area contributed by atoms with Crippen molar-refractivity contribution in [3.63, 3.8) is 0 Å². The van der Waals surface area contributed by atoms with E-state index in [9.17, 15) is 5.11 Å². The molecule has 1 aromatic carbocycles. The Hall–Kier alpha value is -0.820. The fourth-order valence-electron chi connectivity index (χ4n) is 1.52. The third-order valence-corrected chi connectivity index (χ3v) is 2.49. The second-order valence-electron chi connectivity index (χ2n) is 3.56. The lowest BCUT2D eigenvalue weighted by Gasteiger charge is -2.18. The van der Waals surface area contributed by atoms with Crippen molar-refractivity contribution in [2.45, 2.75) is 38.7 Å². The average molecular weight is 178 g/mol. The van der Waals surface area contributed by atoms with Gasteiger partial charge in [0.25, 0.3) is 0 Å². The molecule has 1 rings (SSSR count). The van der Waals surface area contributed by atoms with Gasteiger partial charge in [0.05, 0.1) is 6.10 Å². The highest BCUT2D eigenvalue weighted by Gasteiger charge is 2.14. The molecule has 0 aliphatic rings. The van der Waals surface area contributed by atoms with Crippen molar-refractivity contribution in [1.82, 2.24) is 0 Å². The van der Waals surface area contributed by atoms with E-state index < -0.39 is 0 Å². The van der Waals surface area contributed by atoms with Crippen LogP contribution >= 0.6 is 0 Å². The highest BCUT2D eigenvalue weighted by molar-refractivity contribution is 5.19. The van der Waals surface area contributed by atoms with Crippen LogP contribution in [0.25, 0.3) is 0 Å². The lowest BCUT2D eigenvalue weighted by atomic mass is 9.93. The molecule has 2 atom stereocenters. The van der Waals surface area contributed by atoms with Crippen molar-refractivity contribution in [3.8, 4) is 0 Å². The van der Waals surface area contributed by atoms with E-state index in [-0.39, 0.29) is 12.0 Å². The van der Waals surface area contributed by atoms with Crippen molar-refractivity contribution in [1.29, 1.82) is 0 Å². The zero-order chi connectivity index (χ0) is 9.68. The van der Waals surface area contributed by atoms with Gasteiger partial charge >= 0.3 is 0 Å². The number of hydrogen-bond donors (Lipinski definition) is 1. The Morgan fingerprint density at radius 3 is 2.38 bits per heavy atom. The van der Waals surface area contributed by atoms with Crippen molar-refractivity contribution in [3.05, 3.63) is 35.9 Å². The first kappa shape index (κ1) is 10.3. The zero-order valence-electron chi connectivity index (χ0n) is 8.40. The van der Waals surface area contributed by atoms with E-state index in [4.69, 9.17) is 0 Å². The second kappa shape index (κ2) is 5.03. The predicted octanol–water partition coefficient (Wildman–Crippen LogP) is 2.95. The lowest BCUT2D eigenvalue weighted by Crippen LogP contribution is -2.15. The molecule has 0 amide bonds. The summed E-state index contributed by atoms with van der Waals surface area (Å²) in [4.78, 5) is 0. The van der Waals surface area contributed by atoms with Gasteiger partial charge in [0.1, 0.15) is 0 Å². The maximum Gasteiger partial charge on any atom is 0.0606 e. The molecule has 0 heterocycles. The molecule has 0 aliphatic carbocycles. The van der Waals surface area contributed by atoms with Gasteiger partial charge in [0.15, 0.2) is 0 Å². The SMILES string of the molecule is CCCC(O)C(C)c1ccccc1. The maximum atomic E-state index is 9.77. The van der Waals surface area contributed by atoms with Gasteiger partial charge in [-0.15, -0.1) is 0 Å². The van der Waals surface area contributed by atoms with Crippen LogP contribution < -0.4 is 0 Å². The molecule has 13 heavy (non-hydrogen) atoms. The van der Waals surface area contributed by atoms with Crippen LogP contribution in [0.4, 0.5) is 0 Å². The van der Waals surface area contributed by atoms with E-state index in [1.807, 2.05) is 18.2 Å². The van der Waals surface area contributed by atoms with Crippen molar-refractivity contribution in [2.75, 3.05) is 0 Å². The first-order chi connectivity index (χ1) is 6.25. The third-order valence-electron chi connectivity index (χ3n) is 2.49. The highest BCUT2D eigenvalue weighted by atomic mass is 16.3. The first-order valence-corrected chi connectivity index (χ1v) is 4.98. The number of hydrogen-bond acceptors (Lipinski definition) is 1. The van der Waals surface area contributed by atoms with Gasteiger partial charge in [-0.2, -0.15) is 0 Å². The molecule has 0 aliphatic heterocycles. The number of benzene rings is 1. The van der Waals surface area contributed by atoms with Crippen LogP contribution in [0.2, 0.25) is 0 Å². The molecule has 2 unspecified atom stereocenters. The summed E-state index contributed by atoms with van der Waals surface area (Å²) in [6, 6.07) is 10.2. The van der Waals surface area contributed by atoms with Crippen LogP contribution in [-0.4, -0.2) is 11.2 Å². The summed E-state index contributed by atoms with van der Waals surface area (Å²) in [7, 11) is 0. The fourth-order valence-corrected chi connectivity index (χ4v) is 1.52. The van der Waals surface area contributed by atoms with E-state index in [1.165, 1.54) is 5.56 Å². The molecule has 0 radical (unpaired) electrons. The minimum Gasteiger partial charge on any atom is -0.393 e. The maximum absolute atomic E-state index is 9.77. The molecular weight excluding hydrogens is 160 g/mol. The van der Waals surface area contributed by atoms with Gasteiger partial charge in [-0.3, -0.25) is 0 Å². The van der Waals surface area contributed by atoms with E-state index >= 15 is 0 Å². The normalized spacial score (nSPS) is 15.3. The van der Waals surface area contributed by atoms with Gasteiger partial charge < -0.3 is 5.11 Å². The van der Waals surface area contributed by atoms with Gasteiger partial charge in [-0.1, -0.05) is 50.6 Å². The number of aliphatic hydroxyl groups is 1. The van der Waals surface area contributed by atoms with Crippen LogP contribution in [0.3, 0.4) is 0 Å². The molecule has 0 bridgehead atoms. The van der Waals surface area contributed by atoms with Crippen LogP contribution in [0.15, 0.2) is 30.3 Å². The van der Waals surface area contributed by atoms with E-state index in [1.54, 1.807) is 0 Å². The largest absolute Gasteiger partial charge is 0.393 e. The summed E-state index contributed by atoms with van der Waals surface area (Å²) in [6.07, 6.45) is 1.72. The predicted molar refractivity (Wildman–Crippen MR) is 55.8 cm³/mol. The van der Waals surface area contributed by atoms with Gasteiger partial charge in [-0.25, -0.2) is 0 Å². The van der Waals surface area contributed by atoms with Crippen molar-refractivity contribution in [2.24, 2.45) is 0 Å². The molecule has 1 heteroatoms. The molecular formula is C12H18O. The summed E-state index contributed by atoms with van der Waals surface area (Å²) in [6.45, 7) is 4.18. The van der Waals surface area contributed by atoms with Crippen LogP contribution in [0, 0.1) is 0 Å². The topological polar surface area (TPSA) is 20.2 Å². The summed E-state index contributed by atoms with van der Waals surface area (Å²) in [5.41, 5.74) is 1.23. The van der Waals surface area contributed by atoms with E-state index in [2.05, 4.69) is 26.0 Å². The second-order valence-corrected chi connectivity index (χ2v) is 3.56. The van der Waals surface area contributed by atoms with Gasteiger partial charge in [0, 0.05) is 5.92 Å². The Kier molecular flexibility index (Phi) is 3.97. The quantitative estimate of drug-likeness (QED) is 0.751. The third kappa shape index (κ3) is 2.85. The first-order valence-electron chi connectivity index (χ1n) is 4.98. The Bertz CT molecular complexity index is 230. The molecule has 0 aromatic heterocycles. The average Bonchev–Trinajstić information content (AvgIpc) is 2.18. The Morgan fingerprint density at radius 1 is 1.23 bits per heavy atom. The van der Waals surface area contributed by atoms with Crippen LogP contribution in [-0.2, 0) is 0 Å². The van der Waals surface area contributed by atoms with Crippen molar-refractivity contribution < 1.29 is 5.11 Å². The van der Waals surface area contributed by atoms with E-state index in [0.29, 0.717) is 0 Å². The highest BCUT2D eigenvalue weighted by Crippen LogP contribution is 2.21. The molecule has 1 nitrogen and oxygen atoms in total. The summed E-state index contributed by atoms with van der Waals surface area (Å²) in [5.74, 6) is 0.251. The summed E-state index contributed by atoms with van der Waals surface area (Å²) >= 11 is 0. The molecule has 0 spiro atoms. The van der Waals surface area contributed by atoms with Crippen LogP contribution in [0.1, 0.15) is 38.2 Å². The minimum absolute atomic E-state index is 0.201. The molecule has 72 valence electrons.